The second kappa shape index (κ2) is 7.11. The van der Waals surface area contributed by atoms with Gasteiger partial charge in [0.15, 0.2) is 5.82 Å². The van der Waals surface area contributed by atoms with Crippen molar-refractivity contribution >= 4 is 34.8 Å². The number of hydrogen-bond donors (Lipinski definition) is 1. The lowest BCUT2D eigenvalue weighted by Gasteiger charge is -2.00. The molecule has 0 saturated carbocycles. The summed E-state index contributed by atoms with van der Waals surface area (Å²) in [5.41, 5.74) is 3.20. The largest absolute Gasteiger partial charge is 0.340 e. The Morgan fingerprint density at radius 3 is 2.54 bits per heavy atom. The molecule has 0 bridgehead atoms. The minimum atomic E-state index is 0.363. The molecule has 2 aromatic heterocycles. The Labute approximate surface area is 163 Å². The van der Waals surface area contributed by atoms with E-state index in [1.54, 1.807) is 30.6 Å². The van der Waals surface area contributed by atoms with Crippen LogP contribution in [0.25, 0.3) is 22.8 Å². The van der Waals surface area contributed by atoms with Gasteiger partial charge < -0.3 is 9.51 Å². The maximum Gasteiger partial charge on any atom is 0.276 e. The highest BCUT2D eigenvalue weighted by atomic mass is 35.5. The van der Waals surface area contributed by atoms with E-state index in [1.165, 1.54) is 0 Å². The number of hydrogen-bond acceptors (Lipinski definition) is 4. The van der Waals surface area contributed by atoms with Crippen LogP contribution in [0.3, 0.4) is 0 Å². The van der Waals surface area contributed by atoms with Gasteiger partial charge in [-0.1, -0.05) is 58.2 Å². The molecule has 26 heavy (non-hydrogen) atoms. The Morgan fingerprint density at radius 1 is 0.962 bits per heavy atom. The molecule has 130 valence electrons. The summed E-state index contributed by atoms with van der Waals surface area (Å²) in [5.74, 6) is 0.901. The number of rotatable bonds is 4. The van der Waals surface area contributed by atoms with Crippen molar-refractivity contribution < 1.29 is 4.52 Å². The van der Waals surface area contributed by atoms with E-state index >= 15 is 0 Å². The third kappa shape index (κ3) is 3.46. The zero-order valence-electron chi connectivity index (χ0n) is 13.2. The molecule has 0 amide bonds. The normalized spacial score (nSPS) is 11.0. The monoisotopic (exact) mass is 404 g/mol. The van der Waals surface area contributed by atoms with Crippen molar-refractivity contribution in [3.05, 3.63) is 75.2 Å². The summed E-state index contributed by atoms with van der Waals surface area (Å²) in [5, 5.41) is 5.70. The lowest BCUT2D eigenvalue weighted by molar-refractivity contribution is 0.423. The van der Waals surface area contributed by atoms with Crippen LogP contribution >= 0.6 is 34.8 Å². The molecule has 0 unspecified atom stereocenters. The summed E-state index contributed by atoms with van der Waals surface area (Å²) in [6, 6.07) is 12.8. The minimum Gasteiger partial charge on any atom is -0.340 e. The maximum atomic E-state index is 6.05. The van der Waals surface area contributed by atoms with Crippen LogP contribution < -0.4 is 0 Å². The number of halogens is 3. The van der Waals surface area contributed by atoms with Gasteiger partial charge >= 0.3 is 0 Å². The van der Waals surface area contributed by atoms with E-state index in [4.69, 9.17) is 39.3 Å². The lowest BCUT2D eigenvalue weighted by atomic mass is 10.1. The Hall–Kier alpha value is -2.34. The van der Waals surface area contributed by atoms with Crippen LogP contribution in [-0.2, 0) is 6.42 Å². The molecule has 2 heterocycles. The summed E-state index contributed by atoms with van der Waals surface area (Å²) in [6.45, 7) is 0. The average Bonchev–Trinajstić information content (AvgIpc) is 3.28. The van der Waals surface area contributed by atoms with Gasteiger partial charge in [-0.2, -0.15) is 4.98 Å². The topological polar surface area (TPSA) is 67.6 Å². The second-order valence-corrected chi connectivity index (χ2v) is 6.82. The highest BCUT2D eigenvalue weighted by molar-refractivity contribution is 6.42. The number of benzene rings is 2. The van der Waals surface area contributed by atoms with E-state index in [0.29, 0.717) is 44.6 Å². The number of H-pyrrole nitrogens is 1. The molecular weight excluding hydrogens is 395 g/mol. The minimum absolute atomic E-state index is 0.363. The van der Waals surface area contributed by atoms with E-state index in [-0.39, 0.29) is 0 Å². The van der Waals surface area contributed by atoms with Gasteiger partial charge in [-0.15, -0.1) is 0 Å². The van der Waals surface area contributed by atoms with Gasteiger partial charge in [0.1, 0.15) is 11.4 Å². The molecule has 8 heteroatoms. The number of nitrogens with zero attached hydrogens (tertiary/aromatic N) is 3. The van der Waals surface area contributed by atoms with Gasteiger partial charge in [0.2, 0.25) is 0 Å². The molecule has 0 aliphatic heterocycles. The van der Waals surface area contributed by atoms with E-state index in [0.717, 1.165) is 11.1 Å². The molecule has 0 aliphatic carbocycles. The summed E-state index contributed by atoms with van der Waals surface area (Å²) in [4.78, 5) is 11.9. The van der Waals surface area contributed by atoms with Crippen molar-refractivity contribution in [1.29, 1.82) is 0 Å². The average molecular weight is 406 g/mol. The fourth-order valence-corrected chi connectivity index (χ4v) is 2.99. The van der Waals surface area contributed by atoms with Crippen LogP contribution in [0, 0.1) is 0 Å². The van der Waals surface area contributed by atoms with Crippen LogP contribution in [0.2, 0.25) is 15.1 Å². The quantitative estimate of drug-likeness (QED) is 0.474. The van der Waals surface area contributed by atoms with Crippen molar-refractivity contribution in [2.45, 2.75) is 6.42 Å². The van der Waals surface area contributed by atoms with E-state index < -0.39 is 0 Å². The predicted molar refractivity (Wildman–Crippen MR) is 102 cm³/mol. The summed E-state index contributed by atoms with van der Waals surface area (Å²) in [6.07, 6.45) is 2.06. The summed E-state index contributed by atoms with van der Waals surface area (Å²) < 4.78 is 5.40. The van der Waals surface area contributed by atoms with E-state index in [2.05, 4.69) is 20.1 Å². The number of imidazole rings is 1. The molecule has 1 N–H and O–H groups in total. The van der Waals surface area contributed by atoms with Gasteiger partial charge in [-0.3, -0.25) is 0 Å². The molecule has 5 nitrogen and oxygen atoms in total. The lowest BCUT2D eigenvalue weighted by Crippen LogP contribution is -1.91. The van der Waals surface area contributed by atoms with Crippen LogP contribution in [0.15, 0.2) is 53.3 Å². The molecule has 4 rings (SSSR count). The molecule has 0 fully saturated rings. The van der Waals surface area contributed by atoms with Crippen LogP contribution in [0.1, 0.15) is 11.4 Å². The van der Waals surface area contributed by atoms with Crippen LogP contribution in [0.5, 0.6) is 0 Å². The molecule has 0 spiro atoms. The molecule has 0 radical (unpaired) electrons. The Balaban J connectivity index is 1.62. The van der Waals surface area contributed by atoms with Crippen molar-refractivity contribution in [3.8, 4) is 22.8 Å². The molecule has 0 aliphatic rings. The standard InChI is InChI=1S/C18H11Cl3N4O/c19-12-4-2-11(3-5-12)16-17(23-9-22-16)18-24-15(25-26-18)8-10-1-6-13(20)14(21)7-10/h1-7,9H,8H2,(H,22,23). The highest BCUT2D eigenvalue weighted by Gasteiger charge is 2.17. The Bertz CT molecular complexity index is 1060. The first-order valence-corrected chi connectivity index (χ1v) is 8.80. The predicted octanol–water partition coefficient (Wildman–Crippen LogP) is 5.68. The molecule has 0 atom stereocenters. The van der Waals surface area contributed by atoms with Gasteiger partial charge in [0.05, 0.1) is 16.4 Å². The molecule has 4 aromatic rings. The van der Waals surface area contributed by atoms with Crippen LogP contribution in [0.4, 0.5) is 0 Å². The first-order valence-electron chi connectivity index (χ1n) is 7.66. The first-order chi connectivity index (χ1) is 12.6. The van der Waals surface area contributed by atoms with Crippen molar-refractivity contribution in [2.24, 2.45) is 0 Å². The third-order valence-corrected chi connectivity index (χ3v) is 4.78. The zero-order chi connectivity index (χ0) is 18.1. The highest BCUT2D eigenvalue weighted by Crippen LogP contribution is 2.29. The number of nitrogens with one attached hydrogen (secondary N) is 1. The molecular formula is C18H11Cl3N4O. The van der Waals surface area contributed by atoms with Crippen molar-refractivity contribution in [3.63, 3.8) is 0 Å². The van der Waals surface area contributed by atoms with E-state index in [9.17, 15) is 0 Å². The summed E-state index contributed by atoms with van der Waals surface area (Å²) in [7, 11) is 0. The Morgan fingerprint density at radius 2 is 1.77 bits per heavy atom. The fraction of sp³-hybridized carbons (Fsp3) is 0.0556. The molecule has 2 aromatic carbocycles. The summed E-state index contributed by atoms with van der Waals surface area (Å²) >= 11 is 17.9. The van der Waals surface area contributed by atoms with Gasteiger partial charge in [0.25, 0.3) is 5.89 Å². The van der Waals surface area contributed by atoms with Gasteiger partial charge in [-0.25, -0.2) is 4.98 Å². The SMILES string of the molecule is Clc1ccc(-c2nc[nH]c2-c2nc(Cc3ccc(Cl)c(Cl)c3)no2)cc1. The number of aromatic nitrogens is 4. The first kappa shape index (κ1) is 17.1. The molecule has 0 saturated heterocycles. The second-order valence-electron chi connectivity index (χ2n) is 5.57. The smallest absolute Gasteiger partial charge is 0.276 e. The zero-order valence-corrected chi connectivity index (χ0v) is 15.5. The van der Waals surface area contributed by atoms with Crippen molar-refractivity contribution in [1.82, 2.24) is 20.1 Å². The fourth-order valence-electron chi connectivity index (χ4n) is 2.54. The maximum absolute atomic E-state index is 6.05. The number of aromatic amines is 1. The van der Waals surface area contributed by atoms with Gasteiger partial charge in [-0.05, 0) is 29.8 Å². The van der Waals surface area contributed by atoms with Crippen LogP contribution in [-0.4, -0.2) is 20.1 Å². The Kier molecular flexibility index (Phi) is 4.68. The van der Waals surface area contributed by atoms with E-state index in [1.807, 2.05) is 18.2 Å². The van der Waals surface area contributed by atoms with Crippen molar-refractivity contribution in [2.75, 3.05) is 0 Å². The third-order valence-electron chi connectivity index (χ3n) is 3.79. The van der Waals surface area contributed by atoms with Gasteiger partial charge in [0, 0.05) is 17.0 Å².